The van der Waals surface area contributed by atoms with E-state index in [0.717, 1.165) is 11.1 Å². The highest BCUT2D eigenvalue weighted by atomic mass is 19.1. The topological polar surface area (TPSA) is 73.1 Å². The number of hydrogen-bond acceptors (Lipinski definition) is 4. The van der Waals surface area contributed by atoms with E-state index in [9.17, 15) is 14.0 Å². The van der Waals surface area contributed by atoms with E-state index in [1.165, 1.54) is 18.2 Å². The maximum absolute atomic E-state index is 13.1. The molecule has 5 heteroatoms. The van der Waals surface area contributed by atoms with Gasteiger partial charge in [0.2, 0.25) is 0 Å². The summed E-state index contributed by atoms with van der Waals surface area (Å²) in [4.78, 5) is 28.6. The fourth-order valence-electron chi connectivity index (χ4n) is 2.91. The third-order valence-electron chi connectivity index (χ3n) is 4.48. The summed E-state index contributed by atoms with van der Waals surface area (Å²) in [6, 6.07) is 14.8. The van der Waals surface area contributed by atoms with Crippen molar-refractivity contribution in [3.8, 4) is 0 Å². The minimum Gasteiger partial charge on any atom is -0.398 e. The lowest BCUT2D eigenvalue weighted by Crippen LogP contribution is -2.07. The van der Waals surface area contributed by atoms with Gasteiger partial charge in [0, 0.05) is 42.9 Å². The van der Waals surface area contributed by atoms with E-state index in [-0.39, 0.29) is 23.7 Å². The molecule has 0 atom stereocenters. The molecule has 4 nitrogen and oxygen atoms in total. The molecule has 2 N–H and O–H groups in total. The standard InChI is InChI=1S/C24H21FN2O2/c25-21-11-10-20(23(26)15-21)14-24(29)19-8-6-17(7-9-19)13-22(28)5-1-3-18-4-2-12-27-16-18/h1-4,6-12,15-16H,5,13-14,26H2/b3-1+. The molecule has 0 fully saturated rings. The van der Waals surface area contributed by atoms with Gasteiger partial charge in [0.1, 0.15) is 11.6 Å². The first-order valence-electron chi connectivity index (χ1n) is 9.25. The molecule has 2 aromatic carbocycles. The van der Waals surface area contributed by atoms with Crippen molar-refractivity contribution in [3.05, 3.63) is 101 Å². The van der Waals surface area contributed by atoms with Crippen LogP contribution in [0.25, 0.3) is 6.08 Å². The van der Waals surface area contributed by atoms with Crippen LogP contribution in [-0.2, 0) is 17.6 Å². The van der Waals surface area contributed by atoms with E-state index in [4.69, 9.17) is 5.73 Å². The number of allylic oxidation sites excluding steroid dienone is 1. The van der Waals surface area contributed by atoms with Crippen molar-refractivity contribution in [2.45, 2.75) is 19.3 Å². The number of nitrogens with two attached hydrogens (primary N) is 1. The zero-order valence-corrected chi connectivity index (χ0v) is 15.8. The van der Waals surface area contributed by atoms with Gasteiger partial charge in [-0.05, 0) is 34.9 Å². The van der Waals surface area contributed by atoms with Gasteiger partial charge in [-0.3, -0.25) is 14.6 Å². The number of Topliss-reactive ketones (excluding diaryl/α,β-unsaturated/α-hetero) is 2. The number of halogens is 1. The van der Waals surface area contributed by atoms with E-state index < -0.39 is 5.82 Å². The second kappa shape index (κ2) is 9.55. The molecule has 0 unspecified atom stereocenters. The Kier molecular flexibility index (Phi) is 6.63. The first-order chi connectivity index (χ1) is 14.0. The van der Waals surface area contributed by atoms with Gasteiger partial charge in [-0.2, -0.15) is 0 Å². The summed E-state index contributed by atoms with van der Waals surface area (Å²) in [5, 5.41) is 0. The van der Waals surface area contributed by atoms with Gasteiger partial charge in [0.25, 0.3) is 0 Å². The molecule has 0 spiro atoms. The van der Waals surface area contributed by atoms with Crippen molar-refractivity contribution in [1.82, 2.24) is 4.98 Å². The van der Waals surface area contributed by atoms with Gasteiger partial charge in [-0.1, -0.05) is 48.6 Å². The van der Waals surface area contributed by atoms with Crippen LogP contribution in [0.2, 0.25) is 0 Å². The molecule has 146 valence electrons. The van der Waals surface area contributed by atoms with Gasteiger partial charge < -0.3 is 5.73 Å². The third kappa shape index (κ3) is 5.94. The number of carbonyl (C=O) groups excluding carboxylic acids is 2. The van der Waals surface area contributed by atoms with Gasteiger partial charge >= 0.3 is 0 Å². The van der Waals surface area contributed by atoms with Crippen molar-refractivity contribution in [2.75, 3.05) is 5.73 Å². The lowest BCUT2D eigenvalue weighted by atomic mass is 9.99. The summed E-state index contributed by atoms with van der Waals surface area (Å²) in [5.74, 6) is -0.452. The molecule has 29 heavy (non-hydrogen) atoms. The Morgan fingerprint density at radius 3 is 2.52 bits per heavy atom. The molecule has 0 saturated carbocycles. The summed E-state index contributed by atoms with van der Waals surface area (Å²) in [6.45, 7) is 0. The molecule has 0 aliphatic rings. The summed E-state index contributed by atoms with van der Waals surface area (Å²) in [6.07, 6.45) is 7.86. The molecule has 3 aromatic rings. The van der Waals surface area contributed by atoms with Crippen LogP contribution in [0, 0.1) is 5.82 Å². The Hall–Kier alpha value is -3.60. The molecule has 3 rings (SSSR count). The van der Waals surface area contributed by atoms with Crippen LogP contribution in [0.5, 0.6) is 0 Å². The van der Waals surface area contributed by atoms with E-state index in [0.29, 0.717) is 24.0 Å². The number of benzene rings is 2. The molecule has 0 bridgehead atoms. The van der Waals surface area contributed by atoms with Crippen molar-refractivity contribution in [3.63, 3.8) is 0 Å². The fraction of sp³-hybridized carbons (Fsp3) is 0.125. The number of hydrogen-bond donors (Lipinski definition) is 1. The van der Waals surface area contributed by atoms with E-state index in [2.05, 4.69) is 4.98 Å². The molecule has 0 amide bonds. The van der Waals surface area contributed by atoms with Crippen molar-refractivity contribution in [2.24, 2.45) is 0 Å². The van der Waals surface area contributed by atoms with Crippen molar-refractivity contribution >= 4 is 23.3 Å². The fourth-order valence-corrected chi connectivity index (χ4v) is 2.91. The van der Waals surface area contributed by atoms with Crippen LogP contribution in [0.3, 0.4) is 0 Å². The molecule has 1 heterocycles. The van der Waals surface area contributed by atoms with Crippen LogP contribution >= 0.6 is 0 Å². The highest BCUT2D eigenvalue weighted by Crippen LogP contribution is 2.17. The number of nitrogen functional groups attached to an aromatic ring is 1. The smallest absolute Gasteiger partial charge is 0.167 e. The van der Waals surface area contributed by atoms with Crippen LogP contribution in [0.15, 0.2) is 73.1 Å². The average Bonchev–Trinajstić information content (AvgIpc) is 2.71. The average molecular weight is 388 g/mol. The maximum Gasteiger partial charge on any atom is 0.167 e. The zero-order valence-electron chi connectivity index (χ0n) is 15.8. The number of nitrogens with zero attached hydrogens (tertiary/aromatic N) is 1. The molecule has 0 aliphatic heterocycles. The molecule has 1 aromatic heterocycles. The van der Waals surface area contributed by atoms with Crippen molar-refractivity contribution < 1.29 is 14.0 Å². The minimum atomic E-state index is -0.428. The predicted octanol–water partition coefficient (Wildman–Crippen LogP) is 4.44. The Bertz CT molecular complexity index is 1030. The summed E-state index contributed by atoms with van der Waals surface area (Å²) in [7, 11) is 0. The van der Waals surface area contributed by atoms with Crippen LogP contribution in [0.1, 0.15) is 33.5 Å². The SMILES string of the molecule is Nc1cc(F)ccc1CC(=O)c1ccc(CC(=O)C/C=C/c2cccnc2)cc1. The first kappa shape index (κ1) is 20.1. The highest BCUT2D eigenvalue weighted by molar-refractivity contribution is 5.98. The third-order valence-corrected chi connectivity index (χ3v) is 4.48. The van der Waals surface area contributed by atoms with Gasteiger partial charge in [0.15, 0.2) is 5.78 Å². The first-order valence-corrected chi connectivity index (χ1v) is 9.25. The summed E-state index contributed by atoms with van der Waals surface area (Å²) in [5.41, 5.74) is 8.95. The van der Waals surface area contributed by atoms with Crippen LogP contribution in [0.4, 0.5) is 10.1 Å². The van der Waals surface area contributed by atoms with Crippen LogP contribution in [-0.4, -0.2) is 16.6 Å². The molecular weight excluding hydrogens is 367 g/mol. The summed E-state index contributed by atoms with van der Waals surface area (Å²) < 4.78 is 13.1. The second-order valence-corrected chi connectivity index (χ2v) is 6.75. The lowest BCUT2D eigenvalue weighted by molar-refractivity contribution is -0.117. The quantitative estimate of drug-likeness (QED) is 0.457. The molecular formula is C24H21FN2O2. The van der Waals surface area contributed by atoms with E-state index in [1.807, 2.05) is 24.3 Å². The van der Waals surface area contributed by atoms with Gasteiger partial charge in [-0.25, -0.2) is 4.39 Å². The predicted molar refractivity (Wildman–Crippen MR) is 112 cm³/mol. The van der Waals surface area contributed by atoms with Gasteiger partial charge in [-0.15, -0.1) is 0 Å². The van der Waals surface area contributed by atoms with Crippen LogP contribution < -0.4 is 5.73 Å². The lowest BCUT2D eigenvalue weighted by Gasteiger charge is -2.06. The number of aromatic nitrogens is 1. The van der Waals surface area contributed by atoms with Crippen molar-refractivity contribution in [1.29, 1.82) is 0 Å². The Labute approximate surface area is 168 Å². The summed E-state index contributed by atoms with van der Waals surface area (Å²) >= 11 is 0. The minimum absolute atomic E-state index is 0.0864. The number of ketones is 2. The normalized spacial score (nSPS) is 10.9. The van der Waals surface area contributed by atoms with E-state index in [1.54, 1.807) is 36.7 Å². The van der Waals surface area contributed by atoms with E-state index >= 15 is 0 Å². The highest BCUT2D eigenvalue weighted by Gasteiger charge is 2.11. The Morgan fingerprint density at radius 2 is 1.83 bits per heavy atom. The number of anilines is 1. The zero-order chi connectivity index (χ0) is 20.6. The number of rotatable bonds is 8. The Balaban J connectivity index is 1.54. The second-order valence-electron chi connectivity index (χ2n) is 6.75. The molecule has 0 aliphatic carbocycles. The number of pyridine rings is 1. The molecule has 0 saturated heterocycles. The maximum atomic E-state index is 13.1. The number of carbonyl (C=O) groups is 2. The monoisotopic (exact) mass is 388 g/mol. The Morgan fingerprint density at radius 1 is 1.03 bits per heavy atom. The molecule has 0 radical (unpaired) electrons. The van der Waals surface area contributed by atoms with Gasteiger partial charge in [0.05, 0.1) is 0 Å². The largest absolute Gasteiger partial charge is 0.398 e.